The van der Waals surface area contributed by atoms with Gasteiger partial charge in [0, 0.05) is 13.7 Å². The molecule has 0 aromatic heterocycles. The largest absolute Gasteiger partial charge is 0.382 e. The summed E-state index contributed by atoms with van der Waals surface area (Å²) in [4.78, 5) is 0. The highest BCUT2D eigenvalue weighted by Gasteiger charge is 1.78. The summed E-state index contributed by atoms with van der Waals surface area (Å²) < 4.78 is 9.67. The highest BCUT2D eigenvalue weighted by Crippen LogP contribution is 1.71. The molecule has 0 atom stereocenters. The molecular weight excluding hydrogens is 128 g/mol. The van der Waals surface area contributed by atoms with E-state index in [4.69, 9.17) is 9.47 Å². The second-order valence-electron chi connectivity index (χ2n) is 1.19. The van der Waals surface area contributed by atoms with E-state index in [-0.39, 0.29) is 22.3 Å². The standard InChI is InChI=1S/C5H12O2.3CH4/c1-3-7-5-4-6-2;;;/h3-5H2,1-2H3;3*1H4. The van der Waals surface area contributed by atoms with Crippen LogP contribution in [-0.4, -0.2) is 26.9 Å². The SMILES string of the molecule is C.C.C.CCOCCOC. The molecule has 0 bridgehead atoms. The van der Waals surface area contributed by atoms with Crippen LogP contribution in [0.25, 0.3) is 0 Å². The Balaban J connectivity index is -0.0000000600. The van der Waals surface area contributed by atoms with Gasteiger partial charge in [-0.3, -0.25) is 0 Å². The van der Waals surface area contributed by atoms with E-state index in [0.717, 1.165) is 6.61 Å². The van der Waals surface area contributed by atoms with E-state index >= 15 is 0 Å². The lowest BCUT2D eigenvalue weighted by Gasteiger charge is -1.96. The van der Waals surface area contributed by atoms with Gasteiger partial charge in [0.2, 0.25) is 0 Å². The van der Waals surface area contributed by atoms with Gasteiger partial charge in [-0.05, 0) is 6.92 Å². The number of ether oxygens (including phenoxy) is 2. The predicted molar refractivity (Wildman–Crippen MR) is 48.6 cm³/mol. The summed E-state index contributed by atoms with van der Waals surface area (Å²) >= 11 is 0. The van der Waals surface area contributed by atoms with Crippen molar-refractivity contribution < 1.29 is 9.47 Å². The first-order valence-electron chi connectivity index (χ1n) is 2.48. The van der Waals surface area contributed by atoms with Gasteiger partial charge in [-0.2, -0.15) is 0 Å². The fraction of sp³-hybridized carbons (Fsp3) is 1.00. The molecule has 0 unspecified atom stereocenters. The maximum atomic E-state index is 4.95. The Kier molecular flexibility index (Phi) is 52.1. The molecule has 0 aliphatic carbocycles. The molecule has 0 saturated heterocycles. The highest BCUT2D eigenvalue weighted by molar-refractivity contribution is 4.21. The van der Waals surface area contributed by atoms with Crippen molar-refractivity contribution in [1.29, 1.82) is 0 Å². The average molecular weight is 152 g/mol. The number of rotatable bonds is 4. The van der Waals surface area contributed by atoms with E-state index in [2.05, 4.69) is 0 Å². The van der Waals surface area contributed by atoms with Crippen LogP contribution in [0.5, 0.6) is 0 Å². The first-order chi connectivity index (χ1) is 3.41. The summed E-state index contributed by atoms with van der Waals surface area (Å²) in [6, 6.07) is 0. The number of hydrogen-bond donors (Lipinski definition) is 0. The van der Waals surface area contributed by atoms with E-state index in [1.807, 2.05) is 6.92 Å². The molecule has 0 N–H and O–H groups in total. The van der Waals surface area contributed by atoms with E-state index < -0.39 is 0 Å². The van der Waals surface area contributed by atoms with Crippen LogP contribution in [0.2, 0.25) is 0 Å². The van der Waals surface area contributed by atoms with Crippen molar-refractivity contribution in [2.75, 3.05) is 26.9 Å². The Hall–Kier alpha value is -0.0800. The van der Waals surface area contributed by atoms with Crippen LogP contribution >= 0.6 is 0 Å². The molecule has 2 heteroatoms. The lowest BCUT2D eigenvalue weighted by molar-refractivity contribution is 0.0777. The summed E-state index contributed by atoms with van der Waals surface area (Å²) in [7, 11) is 1.67. The normalized spacial score (nSPS) is 6.60. The zero-order valence-electron chi connectivity index (χ0n) is 4.94. The van der Waals surface area contributed by atoms with Gasteiger partial charge in [-0.1, -0.05) is 22.3 Å². The maximum Gasteiger partial charge on any atom is 0.0700 e. The van der Waals surface area contributed by atoms with Gasteiger partial charge in [0.1, 0.15) is 0 Å². The minimum atomic E-state index is 0. The van der Waals surface area contributed by atoms with Gasteiger partial charge in [-0.15, -0.1) is 0 Å². The Labute approximate surface area is 66.5 Å². The first kappa shape index (κ1) is 22.5. The second-order valence-corrected chi connectivity index (χ2v) is 1.19. The smallest absolute Gasteiger partial charge is 0.0700 e. The molecule has 0 saturated carbocycles. The van der Waals surface area contributed by atoms with Gasteiger partial charge >= 0.3 is 0 Å². The molecule has 0 fully saturated rings. The van der Waals surface area contributed by atoms with Gasteiger partial charge < -0.3 is 9.47 Å². The lowest BCUT2D eigenvalue weighted by Crippen LogP contribution is -2.00. The monoisotopic (exact) mass is 152 g/mol. The molecule has 2 nitrogen and oxygen atoms in total. The van der Waals surface area contributed by atoms with Crippen LogP contribution in [0.1, 0.15) is 29.2 Å². The third-order valence-corrected chi connectivity index (χ3v) is 0.636. The van der Waals surface area contributed by atoms with Gasteiger partial charge in [0.25, 0.3) is 0 Å². The molecule has 0 aromatic carbocycles. The van der Waals surface area contributed by atoms with Crippen molar-refractivity contribution >= 4 is 0 Å². The predicted octanol–water partition coefficient (Wildman–Crippen LogP) is 2.58. The van der Waals surface area contributed by atoms with E-state index in [1.54, 1.807) is 7.11 Å². The van der Waals surface area contributed by atoms with Gasteiger partial charge in [0.05, 0.1) is 13.2 Å². The summed E-state index contributed by atoms with van der Waals surface area (Å²) in [6.07, 6.45) is 0. The van der Waals surface area contributed by atoms with Crippen molar-refractivity contribution in [1.82, 2.24) is 0 Å². The Morgan fingerprint density at radius 1 is 1.00 bits per heavy atom. The van der Waals surface area contributed by atoms with Gasteiger partial charge in [0.15, 0.2) is 0 Å². The minimum absolute atomic E-state index is 0. The zero-order chi connectivity index (χ0) is 5.54. The Morgan fingerprint density at radius 3 is 1.80 bits per heavy atom. The van der Waals surface area contributed by atoms with Crippen LogP contribution in [0, 0.1) is 0 Å². The third kappa shape index (κ3) is 24.7. The quantitative estimate of drug-likeness (QED) is 0.576. The number of methoxy groups -OCH3 is 1. The fourth-order valence-electron chi connectivity index (χ4n) is 0.287. The molecule has 10 heavy (non-hydrogen) atoms. The fourth-order valence-corrected chi connectivity index (χ4v) is 0.287. The summed E-state index contributed by atoms with van der Waals surface area (Å²) in [5.74, 6) is 0. The van der Waals surface area contributed by atoms with Crippen molar-refractivity contribution in [3.05, 3.63) is 0 Å². The lowest BCUT2D eigenvalue weighted by atomic mass is 10.7. The van der Waals surface area contributed by atoms with E-state index in [1.165, 1.54) is 0 Å². The van der Waals surface area contributed by atoms with Crippen LogP contribution < -0.4 is 0 Å². The Morgan fingerprint density at radius 2 is 1.50 bits per heavy atom. The second kappa shape index (κ2) is 23.1. The molecule has 0 aliphatic heterocycles. The maximum absolute atomic E-state index is 4.95. The summed E-state index contributed by atoms with van der Waals surface area (Å²) in [5, 5.41) is 0. The zero-order valence-corrected chi connectivity index (χ0v) is 4.94. The molecule has 0 amide bonds. The van der Waals surface area contributed by atoms with Crippen LogP contribution in [0.15, 0.2) is 0 Å². The molecule has 0 radical (unpaired) electrons. The van der Waals surface area contributed by atoms with Gasteiger partial charge in [-0.25, -0.2) is 0 Å². The van der Waals surface area contributed by atoms with E-state index in [0.29, 0.717) is 13.2 Å². The molecular formula is C8H24O2. The first-order valence-corrected chi connectivity index (χ1v) is 2.48. The minimum Gasteiger partial charge on any atom is -0.382 e. The summed E-state index contributed by atoms with van der Waals surface area (Å²) in [5.41, 5.74) is 0. The van der Waals surface area contributed by atoms with Crippen molar-refractivity contribution in [3.63, 3.8) is 0 Å². The number of hydrogen-bond acceptors (Lipinski definition) is 2. The highest BCUT2D eigenvalue weighted by atomic mass is 16.5. The van der Waals surface area contributed by atoms with Crippen LogP contribution in [0.3, 0.4) is 0 Å². The van der Waals surface area contributed by atoms with Crippen LogP contribution in [-0.2, 0) is 9.47 Å². The Bertz CT molecular complexity index is 26.4. The van der Waals surface area contributed by atoms with Crippen molar-refractivity contribution in [2.24, 2.45) is 0 Å². The molecule has 0 heterocycles. The van der Waals surface area contributed by atoms with Crippen LogP contribution in [0.4, 0.5) is 0 Å². The molecule has 0 rings (SSSR count). The third-order valence-electron chi connectivity index (χ3n) is 0.636. The summed E-state index contributed by atoms with van der Waals surface area (Å²) in [6.45, 7) is 4.17. The molecule has 0 aromatic rings. The molecule has 0 spiro atoms. The average Bonchev–Trinajstić information content (AvgIpc) is 1.69. The topological polar surface area (TPSA) is 18.5 Å². The molecule has 0 aliphatic rings. The van der Waals surface area contributed by atoms with Crippen molar-refractivity contribution in [3.8, 4) is 0 Å². The van der Waals surface area contributed by atoms with E-state index in [9.17, 15) is 0 Å². The molecule has 68 valence electrons. The van der Waals surface area contributed by atoms with Crippen molar-refractivity contribution in [2.45, 2.75) is 29.2 Å².